The zero-order valence-corrected chi connectivity index (χ0v) is 13.2. The summed E-state index contributed by atoms with van der Waals surface area (Å²) in [4.78, 5) is 22.3. The third-order valence-corrected chi connectivity index (χ3v) is 3.73. The number of carbonyl (C=O) groups is 1. The second-order valence-electron chi connectivity index (χ2n) is 4.55. The van der Waals surface area contributed by atoms with E-state index in [9.17, 15) is 14.9 Å². The van der Waals surface area contributed by atoms with Gasteiger partial charge in [-0.05, 0) is 37.0 Å². The minimum atomic E-state index is -0.473. The van der Waals surface area contributed by atoms with Crippen LogP contribution in [-0.2, 0) is 0 Å². The van der Waals surface area contributed by atoms with Gasteiger partial charge in [0.25, 0.3) is 11.6 Å². The number of rotatable bonds is 9. The molecule has 1 amide bonds. The van der Waals surface area contributed by atoms with Gasteiger partial charge in [-0.2, -0.15) is 11.8 Å². The van der Waals surface area contributed by atoms with Gasteiger partial charge in [-0.25, -0.2) is 0 Å². The van der Waals surface area contributed by atoms with Gasteiger partial charge >= 0.3 is 0 Å². The summed E-state index contributed by atoms with van der Waals surface area (Å²) in [7, 11) is 1.59. The van der Waals surface area contributed by atoms with E-state index >= 15 is 0 Å². The molecule has 6 nitrogen and oxygen atoms in total. The monoisotopic (exact) mass is 311 g/mol. The van der Waals surface area contributed by atoms with Crippen LogP contribution in [0.15, 0.2) is 18.2 Å². The maximum atomic E-state index is 12.0. The number of nitrogens with one attached hydrogen (secondary N) is 2. The summed E-state index contributed by atoms with van der Waals surface area (Å²) in [5.41, 5.74) is 0.729. The number of carbonyl (C=O) groups excluding carboxylic acids is 1. The van der Waals surface area contributed by atoms with Gasteiger partial charge in [-0.1, -0.05) is 6.42 Å². The van der Waals surface area contributed by atoms with Gasteiger partial charge in [0.2, 0.25) is 0 Å². The first kappa shape index (κ1) is 17.3. The summed E-state index contributed by atoms with van der Waals surface area (Å²) in [6.07, 6.45) is 5.26. The van der Waals surface area contributed by atoms with E-state index < -0.39 is 4.92 Å². The van der Waals surface area contributed by atoms with Crippen molar-refractivity contribution >= 4 is 29.0 Å². The number of amides is 1. The molecule has 0 spiro atoms. The summed E-state index contributed by atoms with van der Waals surface area (Å²) in [5, 5.41) is 16.4. The van der Waals surface area contributed by atoms with E-state index in [0.717, 1.165) is 25.0 Å². The molecule has 116 valence electrons. The van der Waals surface area contributed by atoms with Crippen LogP contribution < -0.4 is 10.6 Å². The van der Waals surface area contributed by atoms with Crippen molar-refractivity contribution in [3.8, 4) is 0 Å². The molecule has 1 rings (SSSR count). The second kappa shape index (κ2) is 9.23. The van der Waals surface area contributed by atoms with Gasteiger partial charge in [0.05, 0.1) is 4.92 Å². The number of unbranched alkanes of at least 4 members (excludes halogenated alkanes) is 2. The Hall–Kier alpha value is -1.76. The molecule has 0 atom stereocenters. The van der Waals surface area contributed by atoms with Crippen LogP contribution in [0, 0.1) is 10.1 Å². The van der Waals surface area contributed by atoms with Gasteiger partial charge in [-0.3, -0.25) is 14.9 Å². The van der Waals surface area contributed by atoms with E-state index in [0.29, 0.717) is 17.8 Å². The maximum Gasteiger partial charge on any atom is 0.292 e. The molecule has 1 aromatic carbocycles. The van der Waals surface area contributed by atoms with E-state index in [1.807, 2.05) is 11.8 Å². The number of thioether (sulfide) groups is 1. The molecule has 0 radical (unpaired) electrons. The number of nitrogens with zero attached hydrogens (tertiary/aromatic N) is 1. The highest BCUT2D eigenvalue weighted by molar-refractivity contribution is 7.98. The molecule has 0 aliphatic rings. The van der Waals surface area contributed by atoms with Crippen molar-refractivity contribution in [2.24, 2.45) is 0 Å². The Kier molecular flexibility index (Phi) is 7.60. The molecule has 2 N–H and O–H groups in total. The smallest absolute Gasteiger partial charge is 0.292 e. The fourth-order valence-corrected chi connectivity index (χ4v) is 2.38. The third-order valence-electron chi connectivity index (χ3n) is 3.04. The first-order valence-corrected chi connectivity index (χ1v) is 8.23. The molecule has 7 heteroatoms. The minimum absolute atomic E-state index is 0.0360. The number of nitro benzene ring substituents is 1. The standard InChI is InChI=1S/C14H21N3O3S/c1-15-12-10-11(6-7-13(12)17(19)20)14(18)16-8-4-3-5-9-21-2/h6-7,10,15H,3-5,8-9H2,1-2H3,(H,16,18). The minimum Gasteiger partial charge on any atom is -0.383 e. The molecule has 1 aromatic rings. The highest BCUT2D eigenvalue weighted by Gasteiger charge is 2.15. The van der Waals surface area contributed by atoms with Crippen molar-refractivity contribution in [2.45, 2.75) is 19.3 Å². The highest BCUT2D eigenvalue weighted by atomic mass is 32.2. The number of hydrogen-bond acceptors (Lipinski definition) is 5. The maximum absolute atomic E-state index is 12.0. The molecule has 21 heavy (non-hydrogen) atoms. The van der Waals surface area contributed by atoms with Crippen molar-refractivity contribution < 1.29 is 9.72 Å². The number of nitro groups is 1. The molecule has 0 saturated carbocycles. The van der Waals surface area contributed by atoms with Crippen molar-refractivity contribution in [1.29, 1.82) is 0 Å². The summed E-state index contributed by atoms with van der Waals surface area (Å²) < 4.78 is 0. The van der Waals surface area contributed by atoms with Crippen LogP contribution in [-0.4, -0.2) is 36.4 Å². The SMILES string of the molecule is CNc1cc(C(=O)NCCCCCSC)ccc1[N+](=O)[O-]. The fourth-order valence-electron chi connectivity index (χ4n) is 1.89. The van der Waals surface area contributed by atoms with Crippen LogP contribution in [0.1, 0.15) is 29.6 Å². The van der Waals surface area contributed by atoms with Crippen molar-refractivity contribution in [3.05, 3.63) is 33.9 Å². The van der Waals surface area contributed by atoms with Crippen LogP contribution in [0.4, 0.5) is 11.4 Å². The highest BCUT2D eigenvalue weighted by Crippen LogP contribution is 2.24. The quantitative estimate of drug-likeness (QED) is 0.416. The number of anilines is 1. The van der Waals surface area contributed by atoms with Crippen molar-refractivity contribution in [3.63, 3.8) is 0 Å². The lowest BCUT2D eigenvalue weighted by molar-refractivity contribution is -0.383. The van der Waals surface area contributed by atoms with E-state index in [2.05, 4.69) is 16.9 Å². The molecule has 0 aliphatic carbocycles. The molecule has 0 unspecified atom stereocenters. The Balaban J connectivity index is 2.53. The van der Waals surface area contributed by atoms with Crippen LogP contribution >= 0.6 is 11.8 Å². The Labute approximate surface area is 128 Å². The van der Waals surface area contributed by atoms with Crippen LogP contribution in [0.3, 0.4) is 0 Å². The lowest BCUT2D eigenvalue weighted by atomic mass is 10.1. The average molecular weight is 311 g/mol. The molecule has 0 saturated heterocycles. The predicted molar refractivity (Wildman–Crippen MR) is 87.2 cm³/mol. The molecular weight excluding hydrogens is 290 g/mol. The first-order chi connectivity index (χ1) is 10.1. The Bertz CT molecular complexity index is 494. The molecule has 0 fully saturated rings. The summed E-state index contributed by atoms with van der Waals surface area (Å²) >= 11 is 1.82. The fraction of sp³-hybridized carbons (Fsp3) is 0.500. The third kappa shape index (κ3) is 5.63. The lowest BCUT2D eigenvalue weighted by Crippen LogP contribution is -2.24. The van der Waals surface area contributed by atoms with E-state index in [4.69, 9.17) is 0 Å². The molecule has 0 heterocycles. The van der Waals surface area contributed by atoms with Gasteiger partial charge in [0.15, 0.2) is 0 Å². The van der Waals surface area contributed by atoms with Crippen LogP contribution in [0.25, 0.3) is 0 Å². The van der Waals surface area contributed by atoms with E-state index in [1.54, 1.807) is 7.05 Å². The van der Waals surface area contributed by atoms with Crippen molar-refractivity contribution in [1.82, 2.24) is 5.32 Å². The summed E-state index contributed by atoms with van der Waals surface area (Å²) in [6, 6.07) is 4.32. The number of benzene rings is 1. The Morgan fingerprint density at radius 1 is 1.33 bits per heavy atom. The molecule has 0 aliphatic heterocycles. The normalized spacial score (nSPS) is 10.2. The molecular formula is C14H21N3O3S. The topological polar surface area (TPSA) is 84.3 Å². The van der Waals surface area contributed by atoms with E-state index in [1.165, 1.54) is 18.2 Å². The van der Waals surface area contributed by atoms with Gasteiger partial charge in [0.1, 0.15) is 5.69 Å². The first-order valence-electron chi connectivity index (χ1n) is 6.83. The van der Waals surface area contributed by atoms with Crippen LogP contribution in [0.5, 0.6) is 0 Å². The predicted octanol–water partition coefficient (Wildman–Crippen LogP) is 2.90. The van der Waals surface area contributed by atoms with E-state index in [-0.39, 0.29) is 11.6 Å². The zero-order valence-electron chi connectivity index (χ0n) is 12.3. The van der Waals surface area contributed by atoms with Gasteiger partial charge < -0.3 is 10.6 Å². The molecule has 0 aromatic heterocycles. The largest absolute Gasteiger partial charge is 0.383 e. The zero-order chi connectivity index (χ0) is 15.7. The second-order valence-corrected chi connectivity index (χ2v) is 5.53. The average Bonchev–Trinajstić information content (AvgIpc) is 2.49. The van der Waals surface area contributed by atoms with Gasteiger partial charge in [-0.15, -0.1) is 0 Å². The lowest BCUT2D eigenvalue weighted by Gasteiger charge is -2.07. The van der Waals surface area contributed by atoms with Crippen LogP contribution in [0.2, 0.25) is 0 Å². The molecule has 0 bridgehead atoms. The Morgan fingerprint density at radius 3 is 2.71 bits per heavy atom. The summed E-state index contributed by atoms with van der Waals surface area (Å²) in [5.74, 6) is 0.938. The van der Waals surface area contributed by atoms with Gasteiger partial charge in [0, 0.05) is 25.2 Å². The van der Waals surface area contributed by atoms with Crippen molar-refractivity contribution in [2.75, 3.05) is 30.9 Å². The number of hydrogen-bond donors (Lipinski definition) is 2. The summed E-state index contributed by atoms with van der Waals surface area (Å²) in [6.45, 7) is 0.624. The Morgan fingerprint density at radius 2 is 2.10 bits per heavy atom.